The quantitative estimate of drug-likeness (QED) is 0.548. The minimum atomic E-state index is -0.508. The molecule has 0 heterocycles. The lowest BCUT2D eigenvalue weighted by molar-refractivity contribution is -0.121. The Balaban J connectivity index is 2.30. The minimum absolute atomic E-state index is 0.267. The smallest absolute Gasteiger partial charge is 0.0693 e. The predicted octanol–water partition coefficient (Wildman–Crippen LogP) is 2.20. The number of benzene rings is 1. The number of rotatable bonds is 7. The maximum absolute atomic E-state index is 9.62. The van der Waals surface area contributed by atoms with Crippen LogP contribution in [0.4, 0.5) is 0 Å². The molecular weight excluding hydrogens is 202 g/mol. The average Bonchev–Trinajstić information content (AvgIpc) is 2.27. The molecule has 1 aromatic rings. The van der Waals surface area contributed by atoms with Crippen LogP contribution in [-0.4, -0.2) is 28.0 Å². The van der Waals surface area contributed by atoms with Crippen molar-refractivity contribution in [2.24, 2.45) is 0 Å². The second-order valence-electron chi connectivity index (χ2n) is 3.85. The molecule has 0 aliphatic carbocycles. The van der Waals surface area contributed by atoms with E-state index in [4.69, 9.17) is 0 Å². The van der Waals surface area contributed by atoms with Crippen molar-refractivity contribution < 1.29 is 10.3 Å². The number of hydrogen-bond acceptors (Lipinski definition) is 3. The second kappa shape index (κ2) is 7.17. The van der Waals surface area contributed by atoms with Gasteiger partial charge in [-0.1, -0.05) is 36.4 Å². The molecule has 2 N–H and O–H groups in total. The fourth-order valence-electron chi connectivity index (χ4n) is 1.50. The van der Waals surface area contributed by atoms with E-state index in [0.717, 1.165) is 17.0 Å². The fourth-order valence-corrected chi connectivity index (χ4v) is 1.50. The van der Waals surface area contributed by atoms with E-state index >= 15 is 0 Å². The third-order valence-corrected chi connectivity index (χ3v) is 2.33. The summed E-state index contributed by atoms with van der Waals surface area (Å²) < 4.78 is 0. The number of nitrogens with zero attached hydrogens (tertiary/aromatic N) is 1. The monoisotopic (exact) mass is 221 g/mol. The molecule has 1 rings (SSSR count). The Morgan fingerprint density at radius 1 is 1.31 bits per heavy atom. The van der Waals surface area contributed by atoms with E-state index in [9.17, 15) is 10.3 Å². The van der Waals surface area contributed by atoms with Crippen LogP contribution in [0, 0.1) is 0 Å². The van der Waals surface area contributed by atoms with E-state index in [1.165, 1.54) is 0 Å². The first-order valence-electron chi connectivity index (χ1n) is 5.49. The van der Waals surface area contributed by atoms with Crippen LogP contribution in [0.1, 0.15) is 18.4 Å². The van der Waals surface area contributed by atoms with E-state index in [0.29, 0.717) is 13.0 Å². The van der Waals surface area contributed by atoms with Gasteiger partial charge in [0.25, 0.3) is 0 Å². The predicted molar refractivity (Wildman–Crippen MR) is 64.1 cm³/mol. The average molecular weight is 221 g/mol. The number of aliphatic hydroxyl groups is 1. The van der Waals surface area contributed by atoms with Gasteiger partial charge in [-0.3, -0.25) is 0 Å². The molecule has 0 aliphatic heterocycles. The molecular formula is C13H19NO2. The van der Waals surface area contributed by atoms with Gasteiger partial charge in [0.15, 0.2) is 0 Å². The van der Waals surface area contributed by atoms with Gasteiger partial charge in [0.1, 0.15) is 0 Å². The van der Waals surface area contributed by atoms with Gasteiger partial charge < -0.3 is 10.3 Å². The van der Waals surface area contributed by atoms with Gasteiger partial charge in [0.05, 0.1) is 12.6 Å². The summed E-state index contributed by atoms with van der Waals surface area (Å²) in [6.07, 6.45) is 2.66. The third kappa shape index (κ3) is 5.07. The van der Waals surface area contributed by atoms with Crippen molar-refractivity contribution in [3.05, 3.63) is 48.6 Å². The van der Waals surface area contributed by atoms with Gasteiger partial charge in [-0.2, -0.15) is 5.06 Å². The van der Waals surface area contributed by atoms with Gasteiger partial charge >= 0.3 is 0 Å². The van der Waals surface area contributed by atoms with E-state index in [1.54, 1.807) is 6.08 Å². The van der Waals surface area contributed by atoms with Gasteiger partial charge in [0, 0.05) is 6.54 Å². The highest BCUT2D eigenvalue weighted by Crippen LogP contribution is 2.05. The van der Waals surface area contributed by atoms with Crippen LogP contribution in [0.25, 0.3) is 0 Å². The third-order valence-electron chi connectivity index (χ3n) is 2.33. The topological polar surface area (TPSA) is 43.7 Å². The molecule has 0 aliphatic rings. The molecule has 0 unspecified atom stereocenters. The molecule has 0 aromatic heterocycles. The first-order chi connectivity index (χ1) is 7.72. The van der Waals surface area contributed by atoms with Gasteiger partial charge in [-0.25, -0.2) is 0 Å². The lowest BCUT2D eigenvalue weighted by Gasteiger charge is -2.18. The van der Waals surface area contributed by atoms with Crippen LogP contribution >= 0.6 is 0 Å². The Morgan fingerprint density at radius 3 is 2.62 bits per heavy atom. The molecule has 0 saturated heterocycles. The molecule has 0 spiro atoms. The number of allylic oxidation sites excluding steroid dienone is 1. The lowest BCUT2D eigenvalue weighted by atomic mass is 10.2. The molecule has 0 amide bonds. The molecule has 0 fully saturated rings. The van der Waals surface area contributed by atoms with Crippen molar-refractivity contribution in [3.63, 3.8) is 0 Å². The maximum Gasteiger partial charge on any atom is 0.0693 e. The summed E-state index contributed by atoms with van der Waals surface area (Å²) in [7, 11) is 0. The van der Waals surface area contributed by atoms with Gasteiger partial charge in [0.2, 0.25) is 0 Å². The summed E-state index contributed by atoms with van der Waals surface area (Å²) in [6, 6.07) is 9.68. The first kappa shape index (κ1) is 12.9. The molecule has 16 heavy (non-hydrogen) atoms. The summed E-state index contributed by atoms with van der Waals surface area (Å²) in [6.45, 7) is 4.30. The van der Waals surface area contributed by atoms with Crippen LogP contribution in [0.2, 0.25) is 0 Å². The fraction of sp³-hybridized carbons (Fsp3) is 0.385. The number of aliphatic hydroxyl groups excluding tert-OH is 1. The van der Waals surface area contributed by atoms with Crippen molar-refractivity contribution in [2.45, 2.75) is 25.5 Å². The molecule has 1 atom stereocenters. The van der Waals surface area contributed by atoms with Crippen molar-refractivity contribution in [1.82, 2.24) is 5.06 Å². The number of hydrogen-bond donors (Lipinski definition) is 2. The van der Waals surface area contributed by atoms with Crippen molar-refractivity contribution in [2.75, 3.05) is 6.54 Å². The summed E-state index contributed by atoms with van der Waals surface area (Å²) in [5.41, 5.74) is 1.03. The highest BCUT2D eigenvalue weighted by atomic mass is 16.5. The molecule has 1 aromatic carbocycles. The second-order valence-corrected chi connectivity index (χ2v) is 3.85. The van der Waals surface area contributed by atoms with E-state index in [1.807, 2.05) is 30.3 Å². The zero-order valence-electron chi connectivity index (χ0n) is 9.42. The highest BCUT2D eigenvalue weighted by Gasteiger charge is 2.09. The summed E-state index contributed by atoms with van der Waals surface area (Å²) in [4.78, 5) is 0. The number of hydroxylamine groups is 2. The normalized spacial score (nSPS) is 12.7. The molecule has 88 valence electrons. The van der Waals surface area contributed by atoms with Crippen molar-refractivity contribution >= 4 is 0 Å². The van der Waals surface area contributed by atoms with Crippen LogP contribution < -0.4 is 0 Å². The van der Waals surface area contributed by atoms with E-state index < -0.39 is 6.10 Å². The summed E-state index contributed by atoms with van der Waals surface area (Å²) >= 11 is 0. The Labute approximate surface area is 96.6 Å². The SMILES string of the molecule is C=CCC[C@@H](O)CN(O)Cc1ccccc1. The Morgan fingerprint density at radius 2 is 2.00 bits per heavy atom. The van der Waals surface area contributed by atoms with E-state index in [-0.39, 0.29) is 6.54 Å². The standard InChI is InChI=1S/C13H19NO2/c1-2-3-9-13(15)11-14(16)10-12-7-5-4-6-8-12/h2,4-8,13,15-16H,1,3,9-11H2/t13-/m1/s1. The zero-order chi connectivity index (χ0) is 11.8. The molecule has 0 radical (unpaired) electrons. The Hall–Kier alpha value is -1.16. The highest BCUT2D eigenvalue weighted by molar-refractivity contribution is 5.14. The van der Waals surface area contributed by atoms with Crippen LogP contribution in [-0.2, 0) is 6.54 Å². The van der Waals surface area contributed by atoms with Crippen LogP contribution in [0.3, 0.4) is 0 Å². The van der Waals surface area contributed by atoms with Crippen molar-refractivity contribution in [1.29, 1.82) is 0 Å². The Kier molecular flexibility index (Phi) is 5.78. The summed E-state index contributed by atoms with van der Waals surface area (Å²) in [5.74, 6) is 0. The molecule has 3 nitrogen and oxygen atoms in total. The summed E-state index contributed by atoms with van der Waals surface area (Å²) in [5, 5.41) is 20.3. The lowest BCUT2D eigenvalue weighted by Crippen LogP contribution is -2.29. The Bertz CT molecular complexity index is 300. The molecule has 0 saturated carbocycles. The van der Waals surface area contributed by atoms with E-state index in [2.05, 4.69) is 6.58 Å². The zero-order valence-corrected chi connectivity index (χ0v) is 9.42. The molecule has 0 bridgehead atoms. The van der Waals surface area contributed by atoms with Crippen molar-refractivity contribution in [3.8, 4) is 0 Å². The van der Waals surface area contributed by atoms with Gasteiger partial charge in [-0.15, -0.1) is 6.58 Å². The van der Waals surface area contributed by atoms with Crippen LogP contribution in [0.15, 0.2) is 43.0 Å². The minimum Gasteiger partial charge on any atom is -0.392 e. The van der Waals surface area contributed by atoms with Crippen LogP contribution in [0.5, 0.6) is 0 Å². The largest absolute Gasteiger partial charge is 0.392 e. The van der Waals surface area contributed by atoms with Gasteiger partial charge in [-0.05, 0) is 18.4 Å². The maximum atomic E-state index is 9.62. The molecule has 3 heteroatoms. The first-order valence-corrected chi connectivity index (χ1v) is 5.49.